The normalized spacial score (nSPS) is 15.3. The molecule has 0 atom stereocenters. The van der Waals surface area contributed by atoms with Crippen LogP contribution in [0.3, 0.4) is 0 Å². The maximum absolute atomic E-state index is 13.1. The number of nitrogens with one attached hydrogen (secondary N) is 1. The lowest BCUT2D eigenvalue weighted by Crippen LogP contribution is -2.43. The molecule has 2 amide bonds. The molecule has 0 spiro atoms. The maximum Gasteiger partial charge on any atom is 0.411 e. The predicted molar refractivity (Wildman–Crippen MR) is 113 cm³/mol. The topological polar surface area (TPSA) is 67.9 Å². The second-order valence-electron chi connectivity index (χ2n) is 8.35. The monoisotopic (exact) mass is 396 g/mol. The van der Waals surface area contributed by atoms with Gasteiger partial charge in [0.2, 0.25) is 5.91 Å². The fraction of sp³-hybridized carbons (Fsp3) is 0.391. The van der Waals surface area contributed by atoms with Crippen LogP contribution < -0.4 is 15.0 Å². The van der Waals surface area contributed by atoms with Gasteiger partial charge in [0.05, 0.1) is 11.1 Å². The van der Waals surface area contributed by atoms with Crippen molar-refractivity contribution in [1.82, 2.24) is 0 Å². The number of hydrogen-bond donors (Lipinski definition) is 1. The standard InChI is InChI=1S/C23H28N2O4/c1-16(2)13-25-19-12-18(10-11-20(19)29-15-23(3,4)21(25)26)24-22(27)28-14-17-8-6-5-7-9-17/h5-12,16H,13-15H2,1-4H3,(H,24,27). The van der Waals surface area contributed by atoms with Gasteiger partial charge in [0.1, 0.15) is 19.0 Å². The fourth-order valence-corrected chi connectivity index (χ4v) is 3.15. The first-order chi connectivity index (χ1) is 13.8. The smallest absolute Gasteiger partial charge is 0.411 e. The molecule has 154 valence electrons. The van der Waals surface area contributed by atoms with Crippen LogP contribution in [0.25, 0.3) is 0 Å². The van der Waals surface area contributed by atoms with E-state index in [9.17, 15) is 9.59 Å². The van der Waals surface area contributed by atoms with Gasteiger partial charge in [-0.25, -0.2) is 4.79 Å². The van der Waals surface area contributed by atoms with Gasteiger partial charge >= 0.3 is 6.09 Å². The third-order valence-electron chi connectivity index (χ3n) is 4.67. The summed E-state index contributed by atoms with van der Waals surface area (Å²) in [6, 6.07) is 14.8. The molecule has 0 aromatic heterocycles. The highest BCUT2D eigenvalue weighted by Crippen LogP contribution is 2.38. The lowest BCUT2D eigenvalue weighted by atomic mass is 9.92. The van der Waals surface area contributed by atoms with Crippen LogP contribution in [0.2, 0.25) is 0 Å². The lowest BCUT2D eigenvalue weighted by Gasteiger charge is -2.29. The molecule has 0 fully saturated rings. The quantitative estimate of drug-likeness (QED) is 0.785. The first-order valence-electron chi connectivity index (χ1n) is 9.83. The van der Waals surface area contributed by atoms with Crippen molar-refractivity contribution in [2.24, 2.45) is 11.3 Å². The largest absolute Gasteiger partial charge is 0.490 e. The Labute approximate surface area is 171 Å². The first kappa shape index (κ1) is 20.7. The van der Waals surface area contributed by atoms with Gasteiger partial charge in [-0.05, 0) is 43.5 Å². The Morgan fingerprint density at radius 2 is 1.93 bits per heavy atom. The second-order valence-corrected chi connectivity index (χ2v) is 8.35. The number of ether oxygens (including phenoxy) is 2. The molecule has 0 bridgehead atoms. The highest BCUT2D eigenvalue weighted by molar-refractivity contribution is 6.00. The van der Waals surface area contributed by atoms with Crippen LogP contribution in [0.1, 0.15) is 33.3 Å². The molecular formula is C23H28N2O4. The van der Waals surface area contributed by atoms with Gasteiger partial charge in [0.25, 0.3) is 0 Å². The number of hydrogen-bond acceptors (Lipinski definition) is 4. The molecule has 1 N–H and O–H groups in total. The van der Waals surface area contributed by atoms with Gasteiger partial charge in [-0.15, -0.1) is 0 Å². The summed E-state index contributed by atoms with van der Waals surface area (Å²) >= 11 is 0. The molecule has 29 heavy (non-hydrogen) atoms. The molecule has 2 aromatic rings. The highest BCUT2D eigenvalue weighted by atomic mass is 16.5. The van der Waals surface area contributed by atoms with Crippen molar-refractivity contribution in [2.75, 3.05) is 23.4 Å². The molecule has 2 aromatic carbocycles. The van der Waals surface area contributed by atoms with Crippen molar-refractivity contribution in [3.8, 4) is 5.75 Å². The molecule has 1 heterocycles. The van der Waals surface area contributed by atoms with Crippen LogP contribution in [0.4, 0.5) is 16.2 Å². The Morgan fingerprint density at radius 1 is 1.21 bits per heavy atom. The van der Waals surface area contributed by atoms with E-state index in [0.717, 1.165) is 5.56 Å². The summed E-state index contributed by atoms with van der Waals surface area (Å²) in [6.07, 6.45) is -0.551. The van der Waals surface area contributed by atoms with E-state index in [2.05, 4.69) is 19.2 Å². The molecule has 6 nitrogen and oxygen atoms in total. The average Bonchev–Trinajstić information content (AvgIpc) is 2.77. The summed E-state index contributed by atoms with van der Waals surface area (Å²) in [5, 5.41) is 2.74. The SMILES string of the molecule is CC(C)CN1C(=O)C(C)(C)COc2ccc(NC(=O)OCc3ccccc3)cc21. The zero-order valence-corrected chi connectivity index (χ0v) is 17.4. The minimum Gasteiger partial charge on any atom is -0.490 e. The van der Waals surface area contributed by atoms with Crippen LogP contribution in [-0.2, 0) is 16.1 Å². The highest BCUT2D eigenvalue weighted by Gasteiger charge is 2.38. The van der Waals surface area contributed by atoms with E-state index in [-0.39, 0.29) is 18.4 Å². The molecule has 0 unspecified atom stereocenters. The fourth-order valence-electron chi connectivity index (χ4n) is 3.15. The molecular weight excluding hydrogens is 368 g/mol. The predicted octanol–water partition coefficient (Wildman–Crippen LogP) is 4.84. The molecule has 0 radical (unpaired) electrons. The third kappa shape index (κ3) is 5.08. The van der Waals surface area contributed by atoms with E-state index >= 15 is 0 Å². The summed E-state index contributed by atoms with van der Waals surface area (Å²) in [5.41, 5.74) is 1.49. The van der Waals surface area contributed by atoms with Crippen LogP contribution in [0.15, 0.2) is 48.5 Å². The van der Waals surface area contributed by atoms with Gasteiger partial charge in [0.15, 0.2) is 0 Å². The summed E-state index contributed by atoms with van der Waals surface area (Å²) in [6.45, 7) is 8.96. The van der Waals surface area contributed by atoms with E-state index in [1.54, 1.807) is 23.1 Å². The summed E-state index contributed by atoms with van der Waals surface area (Å²) in [5.74, 6) is 0.926. The second kappa shape index (κ2) is 8.55. The molecule has 0 saturated carbocycles. The van der Waals surface area contributed by atoms with Gasteiger partial charge in [-0.2, -0.15) is 0 Å². The number of rotatable bonds is 5. The number of amides is 2. The molecule has 6 heteroatoms. The van der Waals surface area contributed by atoms with Crippen LogP contribution in [-0.4, -0.2) is 25.2 Å². The molecule has 1 aliphatic rings. The van der Waals surface area contributed by atoms with Crippen molar-refractivity contribution < 1.29 is 19.1 Å². The number of anilines is 2. The number of nitrogens with zero attached hydrogens (tertiary/aromatic N) is 1. The molecule has 0 saturated heterocycles. The van der Waals surface area contributed by atoms with Gasteiger partial charge < -0.3 is 14.4 Å². The summed E-state index contributed by atoms with van der Waals surface area (Å²) in [7, 11) is 0. The molecule has 0 aliphatic carbocycles. The molecule has 1 aliphatic heterocycles. The van der Waals surface area contributed by atoms with Crippen LogP contribution in [0, 0.1) is 11.3 Å². The van der Waals surface area contributed by atoms with Crippen molar-refractivity contribution in [3.05, 3.63) is 54.1 Å². The van der Waals surface area contributed by atoms with Crippen molar-refractivity contribution >= 4 is 23.4 Å². The Morgan fingerprint density at radius 3 is 2.62 bits per heavy atom. The maximum atomic E-state index is 13.1. The Hall–Kier alpha value is -3.02. The number of carbonyl (C=O) groups excluding carboxylic acids is 2. The summed E-state index contributed by atoms with van der Waals surface area (Å²) < 4.78 is 11.2. The van der Waals surface area contributed by atoms with Crippen molar-refractivity contribution in [3.63, 3.8) is 0 Å². The number of fused-ring (bicyclic) bond motifs is 1. The van der Waals surface area contributed by atoms with E-state index in [1.165, 1.54) is 0 Å². The number of benzene rings is 2. The Balaban J connectivity index is 1.77. The van der Waals surface area contributed by atoms with Crippen molar-refractivity contribution in [2.45, 2.75) is 34.3 Å². The Bertz CT molecular complexity index is 878. The van der Waals surface area contributed by atoms with E-state index in [4.69, 9.17) is 9.47 Å². The van der Waals surface area contributed by atoms with Gasteiger partial charge in [-0.3, -0.25) is 10.1 Å². The van der Waals surface area contributed by atoms with E-state index < -0.39 is 11.5 Å². The first-order valence-corrected chi connectivity index (χ1v) is 9.83. The zero-order valence-electron chi connectivity index (χ0n) is 17.4. The van der Waals surface area contributed by atoms with Crippen LogP contribution >= 0.6 is 0 Å². The third-order valence-corrected chi connectivity index (χ3v) is 4.67. The minimum absolute atomic E-state index is 0.00811. The minimum atomic E-state index is -0.629. The van der Waals surface area contributed by atoms with Crippen LogP contribution in [0.5, 0.6) is 5.75 Å². The van der Waals surface area contributed by atoms with Gasteiger partial charge in [0, 0.05) is 12.2 Å². The zero-order chi connectivity index (χ0) is 21.0. The molecule has 3 rings (SSSR count). The van der Waals surface area contributed by atoms with E-state index in [0.29, 0.717) is 30.3 Å². The Kier molecular flexibility index (Phi) is 6.11. The number of carbonyl (C=O) groups is 2. The summed E-state index contributed by atoms with van der Waals surface area (Å²) in [4.78, 5) is 27.1. The van der Waals surface area contributed by atoms with Gasteiger partial charge in [-0.1, -0.05) is 44.2 Å². The lowest BCUT2D eigenvalue weighted by molar-refractivity contribution is -0.127. The van der Waals surface area contributed by atoms with E-state index in [1.807, 2.05) is 44.2 Å². The van der Waals surface area contributed by atoms with Crippen molar-refractivity contribution in [1.29, 1.82) is 0 Å². The average molecular weight is 396 g/mol.